The van der Waals surface area contributed by atoms with E-state index in [1.54, 1.807) is 11.8 Å². The summed E-state index contributed by atoms with van der Waals surface area (Å²) >= 11 is 1.78. The Morgan fingerprint density at radius 1 is 0.957 bits per heavy atom. The van der Waals surface area contributed by atoms with Gasteiger partial charge in [-0.2, -0.15) is 9.78 Å². The third-order valence-electron chi connectivity index (χ3n) is 4.37. The van der Waals surface area contributed by atoms with Gasteiger partial charge in [0.2, 0.25) is 5.16 Å². The second-order valence-corrected chi connectivity index (χ2v) is 6.94. The minimum absolute atomic E-state index is 0.380. The molecule has 1 aromatic heterocycles. The normalized spacial score (nSPS) is 18.6. The highest BCUT2D eigenvalue weighted by molar-refractivity contribution is 8.00. The summed E-state index contributed by atoms with van der Waals surface area (Å²) in [5.74, 6) is 0.808. The molecule has 0 N–H and O–H groups in total. The number of benzene rings is 2. The van der Waals surface area contributed by atoms with Crippen LogP contribution in [0.5, 0.6) is 0 Å². The van der Waals surface area contributed by atoms with Crippen molar-refractivity contribution in [3.05, 3.63) is 65.7 Å². The Bertz CT molecular complexity index is 914. The number of hydrogen-bond donors (Lipinski definition) is 0. The van der Waals surface area contributed by atoms with Crippen molar-refractivity contribution < 1.29 is 0 Å². The van der Waals surface area contributed by atoms with Crippen molar-refractivity contribution in [3.8, 4) is 11.4 Å². The minimum atomic E-state index is 0.380. The van der Waals surface area contributed by atoms with Gasteiger partial charge < -0.3 is 0 Å². The zero-order chi connectivity index (χ0) is 15.2. The number of thioether (sulfide) groups is 1. The van der Waals surface area contributed by atoms with E-state index in [-0.39, 0.29) is 0 Å². The summed E-state index contributed by atoms with van der Waals surface area (Å²) in [6, 6.07) is 18.7. The van der Waals surface area contributed by atoms with Gasteiger partial charge in [0.25, 0.3) is 0 Å². The molecule has 4 nitrogen and oxygen atoms in total. The average molecular weight is 318 g/mol. The first-order valence-corrected chi connectivity index (χ1v) is 8.63. The molecule has 0 saturated carbocycles. The minimum Gasteiger partial charge on any atom is -0.186 e. The molecule has 2 aliphatic rings. The summed E-state index contributed by atoms with van der Waals surface area (Å²) in [6.07, 6.45) is 2.21. The standard InChI is InChI=1S/C18H14N4S/c1-2-7-13(8-3-1)17-19-20-18-22(17)21-16-14-9-5-4-6-12(14)10-11-15(16)23-18/h1-9,15H,10-11H2. The maximum Gasteiger partial charge on any atom is 0.213 e. The van der Waals surface area contributed by atoms with E-state index in [0.29, 0.717) is 5.25 Å². The molecule has 3 aromatic rings. The van der Waals surface area contributed by atoms with Crippen molar-refractivity contribution in [1.82, 2.24) is 14.9 Å². The van der Waals surface area contributed by atoms with Crippen molar-refractivity contribution in [2.75, 3.05) is 0 Å². The number of hydrogen-bond acceptors (Lipinski definition) is 4. The van der Waals surface area contributed by atoms with E-state index < -0.39 is 0 Å². The smallest absolute Gasteiger partial charge is 0.186 e. The van der Waals surface area contributed by atoms with Gasteiger partial charge in [-0.1, -0.05) is 66.4 Å². The van der Waals surface area contributed by atoms with Crippen molar-refractivity contribution in [2.24, 2.45) is 5.10 Å². The van der Waals surface area contributed by atoms with E-state index in [2.05, 4.69) is 34.5 Å². The number of rotatable bonds is 1. The van der Waals surface area contributed by atoms with Crippen LogP contribution in [0.25, 0.3) is 11.4 Å². The summed E-state index contributed by atoms with van der Waals surface area (Å²) in [5.41, 5.74) is 4.86. The van der Waals surface area contributed by atoms with Gasteiger partial charge in [-0.25, -0.2) is 0 Å². The number of nitrogens with zero attached hydrogens (tertiary/aromatic N) is 4. The van der Waals surface area contributed by atoms with Gasteiger partial charge in [0.05, 0.1) is 11.0 Å². The van der Waals surface area contributed by atoms with Crippen molar-refractivity contribution in [1.29, 1.82) is 0 Å². The molecule has 2 aromatic carbocycles. The van der Waals surface area contributed by atoms with Crippen LogP contribution in [0.1, 0.15) is 17.5 Å². The van der Waals surface area contributed by atoms with Crippen LogP contribution in [0.15, 0.2) is 64.9 Å². The summed E-state index contributed by atoms with van der Waals surface area (Å²) in [4.78, 5) is 0. The SMILES string of the molecule is c1ccc(-c2nnc3n2N=C2c4ccccc4CCC2S3)cc1. The Hall–Kier alpha value is -2.40. The summed E-state index contributed by atoms with van der Waals surface area (Å²) < 4.78 is 1.90. The Morgan fingerprint density at radius 3 is 2.70 bits per heavy atom. The molecule has 1 atom stereocenters. The molecule has 112 valence electrons. The van der Waals surface area contributed by atoms with Gasteiger partial charge >= 0.3 is 0 Å². The lowest BCUT2D eigenvalue weighted by Gasteiger charge is -2.28. The molecule has 2 heterocycles. The highest BCUT2D eigenvalue weighted by Crippen LogP contribution is 2.38. The zero-order valence-electron chi connectivity index (χ0n) is 12.4. The number of fused-ring (bicyclic) bond motifs is 4. The Labute approximate surface area is 138 Å². The van der Waals surface area contributed by atoms with Crippen LogP contribution in [0.2, 0.25) is 0 Å². The van der Waals surface area contributed by atoms with Crippen molar-refractivity contribution in [3.63, 3.8) is 0 Å². The van der Waals surface area contributed by atoms with Crippen LogP contribution < -0.4 is 0 Å². The average Bonchev–Trinajstić information content (AvgIpc) is 3.03. The van der Waals surface area contributed by atoms with Gasteiger partial charge in [-0.3, -0.25) is 0 Å². The van der Waals surface area contributed by atoms with E-state index >= 15 is 0 Å². The summed E-state index contributed by atoms with van der Waals surface area (Å²) in [6.45, 7) is 0. The fraction of sp³-hybridized carbons (Fsp3) is 0.167. The van der Waals surface area contributed by atoms with E-state index in [0.717, 1.165) is 35.1 Å². The molecule has 0 spiro atoms. The van der Waals surface area contributed by atoms with Crippen LogP contribution >= 0.6 is 11.8 Å². The summed E-state index contributed by atoms with van der Waals surface area (Å²) in [5, 5.41) is 14.9. The number of aromatic nitrogens is 3. The molecule has 23 heavy (non-hydrogen) atoms. The monoisotopic (exact) mass is 318 g/mol. The molecule has 0 radical (unpaired) electrons. The fourth-order valence-electron chi connectivity index (χ4n) is 3.25. The molecular weight excluding hydrogens is 304 g/mol. The lowest BCUT2D eigenvalue weighted by Crippen LogP contribution is -2.29. The Balaban J connectivity index is 1.69. The van der Waals surface area contributed by atoms with E-state index in [9.17, 15) is 0 Å². The highest BCUT2D eigenvalue weighted by Gasteiger charge is 2.32. The van der Waals surface area contributed by atoms with Crippen LogP contribution in [-0.2, 0) is 6.42 Å². The molecule has 1 unspecified atom stereocenters. The predicted octanol–water partition coefficient (Wildman–Crippen LogP) is 3.62. The number of aryl methyl sites for hydroxylation is 1. The third-order valence-corrected chi connectivity index (χ3v) is 5.58. The first kappa shape index (κ1) is 13.1. The van der Waals surface area contributed by atoms with E-state index in [4.69, 9.17) is 5.10 Å². The van der Waals surface area contributed by atoms with E-state index in [1.807, 2.05) is 35.0 Å². The second kappa shape index (κ2) is 5.06. The molecular formula is C18H14N4S. The topological polar surface area (TPSA) is 43.1 Å². The molecule has 0 saturated heterocycles. The predicted molar refractivity (Wildman–Crippen MR) is 91.8 cm³/mol. The summed E-state index contributed by atoms with van der Waals surface area (Å²) in [7, 11) is 0. The maximum atomic E-state index is 4.93. The van der Waals surface area contributed by atoms with Crippen LogP contribution in [0, 0.1) is 0 Å². The van der Waals surface area contributed by atoms with Gasteiger partial charge in [0.15, 0.2) is 5.82 Å². The highest BCUT2D eigenvalue weighted by atomic mass is 32.2. The van der Waals surface area contributed by atoms with Gasteiger partial charge in [0.1, 0.15) is 0 Å². The largest absolute Gasteiger partial charge is 0.213 e. The molecule has 5 rings (SSSR count). The second-order valence-electron chi connectivity index (χ2n) is 5.77. The van der Waals surface area contributed by atoms with Crippen molar-refractivity contribution in [2.45, 2.75) is 23.2 Å². The lowest BCUT2D eigenvalue weighted by molar-refractivity contribution is 0.729. The first-order chi connectivity index (χ1) is 11.4. The van der Waals surface area contributed by atoms with Gasteiger partial charge in [-0.15, -0.1) is 10.2 Å². The first-order valence-electron chi connectivity index (χ1n) is 7.75. The van der Waals surface area contributed by atoms with Gasteiger partial charge in [0, 0.05) is 11.1 Å². The van der Waals surface area contributed by atoms with Crippen LogP contribution in [-0.4, -0.2) is 25.8 Å². The third kappa shape index (κ3) is 2.04. The van der Waals surface area contributed by atoms with Gasteiger partial charge in [-0.05, 0) is 18.4 Å². The molecule has 1 aliphatic heterocycles. The van der Waals surface area contributed by atoms with Crippen LogP contribution in [0.3, 0.4) is 0 Å². The molecule has 0 fully saturated rings. The van der Waals surface area contributed by atoms with Crippen molar-refractivity contribution >= 4 is 17.5 Å². The van der Waals surface area contributed by atoms with E-state index in [1.165, 1.54) is 11.1 Å². The molecule has 0 amide bonds. The quantitative estimate of drug-likeness (QED) is 0.688. The Morgan fingerprint density at radius 2 is 1.78 bits per heavy atom. The Kier molecular flexibility index (Phi) is 2.88. The fourth-order valence-corrected chi connectivity index (χ4v) is 4.34. The molecule has 1 aliphatic carbocycles. The molecule has 5 heteroatoms. The van der Waals surface area contributed by atoms with Crippen LogP contribution in [0.4, 0.5) is 0 Å². The molecule has 0 bridgehead atoms. The maximum absolute atomic E-state index is 4.93. The zero-order valence-corrected chi connectivity index (χ0v) is 13.2. The lowest BCUT2D eigenvalue weighted by atomic mass is 9.90.